The average Bonchev–Trinajstić information content (AvgIpc) is 2.70. The maximum atomic E-state index is 11.7. The fraction of sp³-hybridized carbons (Fsp3) is 0.462. The highest BCUT2D eigenvalue weighted by atomic mass is 35.5. The molecule has 3 nitrogen and oxygen atoms in total. The number of ether oxygens (including phenoxy) is 1. The van der Waals surface area contributed by atoms with Gasteiger partial charge >= 0.3 is 5.97 Å². The molecule has 0 radical (unpaired) electrons. The molecular weight excluding hydrogens is 238 g/mol. The summed E-state index contributed by atoms with van der Waals surface area (Å²) in [6.07, 6.45) is 0. The number of carbonyl (C=O) groups excluding carboxylic acids is 1. The molecule has 2 atom stereocenters. The number of likely N-dealkylation sites (tertiary alicyclic amines) is 1. The van der Waals surface area contributed by atoms with Gasteiger partial charge in [0.15, 0.2) is 0 Å². The minimum absolute atomic E-state index is 0.0940. The van der Waals surface area contributed by atoms with Crippen molar-refractivity contribution in [2.45, 2.75) is 5.92 Å². The Kier molecular flexibility index (Phi) is 3.69. The standard InChI is InChI=1S/C13H16ClNO2/c1-15-7-11(12(8-15)13(16)17-2)9-4-3-5-10(14)6-9/h3-6,11-12H,7-8H2,1-2H3/t11-,12-/m1/s1. The van der Waals surface area contributed by atoms with Gasteiger partial charge < -0.3 is 9.64 Å². The second-order valence-electron chi connectivity index (χ2n) is 4.51. The van der Waals surface area contributed by atoms with E-state index < -0.39 is 0 Å². The molecule has 0 spiro atoms. The van der Waals surface area contributed by atoms with Gasteiger partial charge in [-0.3, -0.25) is 4.79 Å². The lowest BCUT2D eigenvalue weighted by Crippen LogP contribution is -2.23. The molecule has 0 amide bonds. The number of benzene rings is 1. The summed E-state index contributed by atoms with van der Waals surface area (Å²) < 4.78 is 4.87. The van der Waals surface area contributed by atoms with Crippen LogP contribution in [-0.4, -0.2) is 38.1 Å². The van der Waals surface area contributed by atoms with Crippen LogP contribution >= 0.6 is 11.6 Å². The first-order chi connectivity index (χ1) is 8.11. The van der Waals surface area contributed by atoms with Crippen molar-refractivity contribution < 1.29 is 9.53 Å². The first-order valence-corrected chi connectivity index (χ1v) is 6.01. The maximum absolute atomic E-state index is 11.7. The third-order valence-corrected chi connectivity index (χ3v) is 3.52. The molecule has 0 N–H and O–H groups in total. The van der Waals surface area contributed by atoms with Crippen molar-refractivity contribution in [2.24, 2.45) is 5.92 Å². The van der Waals surface area contributed by atoms with Gasteiger partial charge in [-0.15, -0.1) is 0 Å². The third kappa shape index (κ3) is 2.61. The van der Waals surface area contributed by atoms with Crippen LogP contribution in [-0.2, 0) is 9.53 Å². The first-order valence-electron chi connectivity index (χ1n) is 5.63. The third-order valence-electron chi connectivity index (χ3n) is 3.28. The molecule has 0 bridgehead atoms. The number of halogens is 1. The van der Waals surface area contributed by atoms with Crippen molar-refractivity contribution >= 4 is 17.6 Å². The number of esters is 1. The zero-order valence-corrected chi connectivity index (χ0v) is 10.8. The van der Waals surface area contributed by atoms with E-state index in [0.29, 0.717) is 5.02 Å². The molecule has 1 aromatic carbocycles. The molecule has 17 heavy (non-hydrogen) atoms. The van der Waals surface area contributed by atoms with Gasteiger partial charge in [-0.25, -0.2) is 0 Å². The zero-order chi connectivity index (χ0) is 12.4. The summed E-state index contributed by atoms with van der Waals surface area (Å²) in [7, 11) is 3.45. The second kappa shape index (κ2) is 5.07. The lowest BCUT2D eigenvalue weighted by atomic mass is 9.89. The molecule has 1 aliphatic heterocycles. The summed E-state index contributed by atoms with van der Waals surface area (Å²) in [5.41, 5.74) is 1.11. The lowest BCUT2D eigenvalue weighted by Gasteiger charge is -2.16. The number of likely N-dealkylation sites (N-methyl/N-ethyl adjacent to an activating group) is 1. The van der Waals surface area contributed by atoms with Crippen LogP contribution in [0.5, 0.6) is 0 Å². The van der Waals surface area contributed by atoms with Crippen molar-refractivity contribution in [1.82, 2.24) is 4.90 Å². The van der Waals surface area contributed by atoms with E-state index in [2.05, 4.69) is 4.90 Å². The molecule has 4 heteroatoms. The van der Waals surface area contributed by atoms with Crippen LogP contribution in [0.25, 0.3) is 0 Å². The van der Waals surface area contributed by atoms with Gasteiger partial charge in [0, 0.05) is 24.0 Å². The summed E-state index contributed by atoms with van der Waals surface area (Å²) >= 11 is 5.99. The Bertz CT molecular complexity index is 422. The summed E-state index contributed by atoms with van der Waals surface area (Å²) in [6.45, 7) is 1.60. The van der Waals surface area contributed by atoms with Gasteiger partial charge in [0.25, 0.3) is 0 Å². The van der Waals surface area contributed by atoms with E-state index >= 15 is 0 Å². The van der Waals surface area contributed by atoms with Crippen molar-refractivity contribution in [1.29, 1.82) is 0 Å². The fourth-order valence-electron chi connectivity index (χ4n) is 2.47. The molecule has 1 aromatic rings. The number of hydrogen-bond donors (Lipinski definition) is 0. The summed E-state index contributed by atoms with van der Waals surface area (Å²) in [6, 6.07) is 7.72. The highest BCUT2D eigenvalue weighted by Gasteiger charge is 2.37. The Balaban J connectivity index is 2.26. The number of methoxy groups -OCH3 is 1. The fourth-order valence-corrected chi connectivity index (χ4v) is 2.66. The van der Waals surface area contributed by atoms with Crippen LogP contribution in [0.1, 0.15) is 11.5 Å². The average molecular weight is 254 g/mol. The predicted molar refractivity (Wildman–Crippen MR) is 67.2 cm³/mol. The lowest BCUT2D eigenvalue weighted by molar-refractivity contribution is -0.145. The Labute approximate surface area is 106 Å². The van der Waals surface area contributed by atoms with E-state index in [9.17, 15) is 4.79 Å². The van der Waals surface area contributed by atoms with Gasteiger partial charge in [0.2, 0.25) is 0 Å². The molecule has 1 heterocycles. The van der Waals surface area contributed by atoms with Crippen LogP contribution in [0.4, 0.5) is 0 Å². The molecule has 1 saturated heterocycles. The molecule has 92 valence electrons. The minimum atomic E-state index is -0.140. The number of rotatable bonds is 2. The normalized spacial score (nSPS) is 24.9. The summed E-state index contributed by atoms with van der Waals surface area (Å²) in [4.78, 5) is 13.9. The molecule has 2 rings (SSSR count). The van der Waals surface area contributed by atoms with Crippen LogP contribution in [0.3, 0.4) is 0 Å². The molecule has 1 aliphatic rings. The van der Waals surface area contributed by atoms with E-state index in [1.54, 1.807) is 0 Å². The van der Waals surface area contributed by atoms with Crippen molar-refractivity contribution in [3.8, 4) is 0 Å². The number of hydrogen-bond acceptors (Lipinski definition) is 3. The van der Waals surface area contributed by atoms with Crippen LogP contribution in [0.15, 0.2) is 24.3 Å². The Hall–Kier alpha value is -1.06. The topological polar surface area (TPSA) is 29.5 Å². The molecule has 0 aliphatic carbocycles. The highest BCUT2D eigenvalue weighted by molar-refractivity contribution is 6.30. The maximum Gasteiger partial charge on any atom is 0.310 e. The van der Waals surface area contributed by atoms with Crippen LogP contribution in [0.2, 0.25) is 5.02 Å². The van der Waals surface area contributed by atoms with E-state index in [4.69, 9.17) is 16.3 Å². The molecule has 1 fully saturated rings. The van der Waals surface area contributed by atoms with E-state index in [1.807, 2.05) is 31.3 Å². The molecular formula is C13H16ClNO2. The summed E-state index contributed by atoms with van der Waals surface area (Å²) in [5, 5.41) is 0.709. The van der Waals surface area contributed by atoms with E-state index in [-0.39, 0.29) is 17.8 Å². The van der Waals surface area contributed by atoms with Gasteiger partial charge in [-0.2, -0.15) is 0 Å². The smallest absolute Gasteiger partial charge is 0.310 e. The molecule has 0 aromatic heterocycles. The highest BCUT2D eigenvalue weighted by Crippen LogP contribution is 2.33. The Morgan fingerprint density at radius 3 is 2.88 bits per heavy atom. The van der Waals surface area contributed by atoms with Gasteiger partial charge in [-0.1, -0.05) is 23.7 Å². The monoisotopic (exact) mass is 253 g/mol. The molecule has 0 saturated carbocycles. The van der Waals surface area contributed by atoms with Crippen molar-refractivity contribution in [2.75, 3.05) is 27.2 Å². The predicted octanol–water partition coefficient (Wildman–Crippen LogP) is 2.16. The number of nitrogens with zero attached hydrogens (tertiary/aromatic N) is 1. The van der Waals surface area contributed by atoms with Crippen LogP contribution < -0.4 is 0 Å². The van der Waals surface area contributed by atoms with Crippen LogP contribution in [0, 0.1) is 5.92 Å². The molecule has 0 unspecified atom stereocenters. The largest absolute Gasteiger partial charge is 0.469 e. The van der Waals surface area contributed by atoms with Gasteiger partial charge in [0.1, 0.15) is 0 Å². The quantitative estimate of drug-likeness (QED) is 0.757. The van der Waals surface area contributed by atoms with Crippen molar-refractivity contribution in [3.05, 3.63) is 34.9 Å². The minimum Gasteiger partial charge on any atom is -0.469 e. The van der Waals surface area contributed by atoms with E-state index in [1.165, 1.54) is 7.11 Å². The van der Waals surface area contributed by atoms with Crippen molar-refractivity contribution in [3.63, 3.8) is 0 Å². The summed E-state index contributed by atoms with van der Waals surface area (Å²) in [5.74, 6) is -0.0612. The van der Waals surface area contributed by atoms with E-state index in [0.717, 1.165) is 18.7 Å². The Morgan fingerprint density at radius 1 is 1.47 bits per heavy atom. The SMILES string of the molecule is COC(=O)[C@@H]1CN(C)C[C@@H]1c1cccc(Cl)c1. The van der Waals surface area contributed by atoms with Gasteiger partial charge in [-0.05, 0) is 24.7 Å². The number of carbonyl (C=O) groups is 1. The Morgan fingerprint density at radius 2 is 2.24 bits per heavy atom. The van der Waals surface area contributed by atoms with Gasteiger partial charge in [0.05, 0.1) is 13.0 Å². The zero-order valence-electron chi connectivity index (χ0n) is 10.0. The first kappa shape index (κ1) is 12.4. The second-order valence-corrected chi connectivity index (χ2v) is 4.95.